The first kappa shape index (κ1) is 20.4. The maximum absolute atomic E-state index is 12.5. The molecule has 0 bridgehead atoms. The molecule has 2 aromatic rings. The summed E-state index contributed by atoms with van der Waals surface area (Å²) in [5.41, 5.74) is 10.7. The molecule has 0 heterocycles. The van der Waals surface area contributed by atoms with Crippen LogP contribution in [0.2, 0.25) is 0 Å². The van der Waals surface area contributed by atoms with Crippen molar-refractivity contribution in [2.75, 3.05) is 23.8 Å². The van der Waals surface area contributed by atoms with Gasteiger partial charge in [-0.3, -0.25) is 19.7 Å². The number of rotatable bonds is 8. The van der Waals surface area contributed by atoms with E-state index in [1.54, 1.807) is 30.3 Å². The maximum atomic E-state index is 12.5. The molecule has 0 atom stereocenters. The Balaban J connectivity index is 2.11. The Labute approximate surface area is 159 Å². The molecule has 2 amide bonds. The highest BCUT2D eigenvalue weighted by molar-refractivity contribution is 5.99. The van der Waals surface area contributed by atoms with Gasteiger partial charge in [0.2, 0.25) is 5.91 Å². The number of anilines is 2. The lowest BCUT2D eigenvalue weighted by molar-refractivity contribution is -0.384. The number of nitro benzene ring substituents is 1. The van der Waals surface area contributed by atoms with Crippen LogP contribution >= 0.6 is 0 Å². The van der Waals surface area contributed by atoms with E-state index in [2.05, 4.69) is 0 Å². The van der Waals surface area contributed by atoms with Gasteiger partial charge >= 0.3 is 5.97 Å². The number of amides is 2. The second-order valence-electron chi connectivity index (χ2n) is 5.70. The molecular formula is C18H18N4O6. The summed E-state index contributed by atoms with van der Waals surface area (Å²) in [5, 5.41) is 10.8. The Morgan fingerprint density at radius 2 is 1.79 bits per heavy atom. The third-order valence-electron chi connectivity index (χ3n) is 3.75. The number of benzene rings is 2. The number of esters is 1. The first-order valence-corrected chi connectivity index (χ1v) is 8.14. The summed E-state index contributed by atoms with van der Waals surface area (Å²) in [6.07, 6.45) is -0.0770. The van der Waals surface area contributed by atoms with Crippen LogP contribution in [-0.4, -0.2) is 35.9 Å². The number of non-ortho nitro benzene ring substituents is 1. The van der Waals surface area contributed by atoms with Crippen LogP contribution in [0.5, 0.6) is 0 Å². The number of para-hydroxylation sites is 1. The number of hydrogen-bond acceptors (Lipinski definition) is 7. The fourth-order valence-electron chi connectivity index (χ4n) is 2.35. The molecule has 0 fully saturated rings. The molecule has 0 aliphatic heterocycles. The highest BCUT2D eigenvalue weighted by atomic mass is 16.6. The van der Waals surface area contributed by atoms with Gasteiger partial charge in [-0.25, -0.2) is 4.79 Å². The molecule has 28 heavy (non-hydrogen) atoms. The van der Waals surface area contributed by atoms with Gasteiger partial charge in [0.15, 0.2) is 6.61 Å². The van der Waals surface area contributed by atoms with Crippen LogP contribution in [0.4, 0.5) is 17.1 Å². The van der Waals surface area contributed by atoms with Crippen molar-refractivity contribution in [2.45, 2.75) is 6.42 Å². The number of nitrogens with two attached hydrogens (primary N) is 2. The average Bonchev–Trinajstić information content (AvgIpc) is 2.67. The minimum atomic E-state index is -0.975. The Morgan fingerprint density at radius 3 is 2.39 bits per heavy atom. The number of carbonyl (C=O) groups excluding carboxylic acids is 3. The molecule has 146 valence electrons. The minimum absolute atomic E-state index is 0.00861. The molecule has 0 saturated heterocycles. The van der Waals surface area contributed by atoms with Gasteiger partial charge in [0, 0.05) is 36.5 Å². The van der Waals surface area contributed by atoms with Gasteiger partial charge in [-0.2, -0.15) is 0 Å². The summed E-state index contributed by atoms with van der Waals surface area (Å²) in [6, 6.07) is 11.8. The van der Waals surface area contributed by atoms with Crippen molar-refractivity contribution in [3.05, 3.63) is 64.2 Å². The van der Waals surface area contributed by atoms with E-state index in [1.165, 1.54) is 11.0 Å². The number of nitro groups is 1. The van der Waals surface area contributed by atoms with Crippen molar-refractivity contribution in [2.24, 2.45) is 5.73 Å². The number of hydrogen-bond donors (Lipinski definition) is 2. The summed E-state index contributed by atoms with van der Waals surface area (Å²) in [5.74, 6) is -2.16. The molecule has 0 aliphatic rings. The van der Waals surface area contributed by atoms with E-state index in [4.69, 9.17) is 16.2 Å². The van der Waals surface area contributed by atoms with Crippen LogP contribution in [0, 0.1) is 10.1 Å². The van der Waals surface area contributed by atoms with Crippen LogP contribution in [-0.2, 0) is 14.3 Å². The zero-order chi connectivity index (χ0) is 20.7. The van der Waals surface area contributed by atoms with Crippen molar-refractivity contribution in [1.29, 1.82) is 0 Å². The van der Waals surface area contributed by atoms with Crippen molar-refractivity contribution in [1.82, 2.24) is 0 Å². The van der Waals surface area contributed by atoms with Crippen LogP contribution in [0.1, 0.15) is 16.8 Å². The van der Waals surface area contributed by atoms with Crippen molar-refractivity contribution >= 4 is 34.8 Å². The molecule has 0 saturated carbocycles. The third-order valence-corrected chi connectivity index (χ3v) is 3.75. The van der Waals surface area contributed by atoms with Crippen LogP contribution in [0.3, 0.4) is 0 Å². The predicted octanol–water partition coefficient (Wildman–Crippen LogP) is 1.24. The first-order chi connectivity index (χ1) is 13.3. The van der Waals surface area contributed by atoms with Crippen LogP contribution < -0.4 is 16.4 Å². The van der Waals surface area contributed by atoms with Gasteiger partial charge < -0.3 is 21.1 Å². The summed E-state index contributed by atoms with van der Waals surface area (Å²) in [7, 11) is 0. The molecule has 0 aliphatic carbocycles. The summed E-state index contributed by atoms with van der Waals surface area (Å²) in [4.78, 5) is 47.2. The lowest BCUT2D eigenvalue weighted by Crippen LogP contribution is -2.37. The average molecular weight is 386 g/mol. The first-order valence-electron chi connectivity index (χ1n) is 8.14. The highest BCUT2D eigenvalue weighted by Gasteiger charge is 2.21. The van der Waals surface area contributed by atoms with Crippen LogP contribution in [0.15, 0.2) is 48.5 Å². The highest BCUT2D eigenvalue weighted by Crippen LogP contribution is 2.21. The lowest BCUT2D eigenvalue weighted by Gasteiger charge is -2.22. The molecule has 10 nitrogen and oxygen atoms in total. The fourth-order valence-corrected chi connectivity index (χ4v) is 2.35. The van der Waals surface area contributed by atoms with E-state index in [9.17, 15) is 24.5 Å². The molecule has 0 unspecified atom stereocenters. The minimum Gasteiger partial charge on any atom is -0.452 e. The van der Waals surface area contributed by atoms with Gasteiger partial charge in [0.05, 0.1) is 10.5 Å². The SMILES string of the molecule is NC(=O)CCN(C(=O)COC(=O)c1cc([N+](=O)[O-])ccc1N)c1ccccc1. The van der Waals surface area contributed by atoms with E-state index in [1.807, 2.05) is 0 Å². The van der Waals surface area contributed by atoms with E-state index in [-0.39, 0.29) is 29.9 Å². The third kappa shape index (κ3) is 5.27. The van der Waals surface area contributed by atoms with E-state index >= 15 is 0 Å². The smallest absolute Gasteiger partial charge is 0.341 e. The van der Waals surface area contributed by atoms with Crippen LogP contribution in [0.25, 0.3) is 0 Å². The van der Waals surface area contributed by atoms with Gasteiger partial charge in [-0.1, -0.05) is 18.2 Å². The summed E-state index contributed by atoms with van der Waals surface area (Å²) >= 11 is 0. The summed E-state index contributed by atoms with van der Waals surface area (Å²) < 4.78 is 4.97. The van der Waals surface area contributed by atoms with Gasteiger partial charge in [0.25, 0.3) is 11.6 Å². The predicted molar refractivity (Wildman–Crippen MR) is 100 cm³/mol. The zero-order valence-electron chi connectivity index (χ0n) is 14.7. The molecule has 0 aromatic heterocycles. The monoisotopic (exact) mass is 386 g/mol. The fraction of sp³-hybridized carbons (Fsp3) is 0.167. The van der Waals surface area contributed by atoms with Gasteiger partial charge in [-0.05, 0) is 18.2 Å². The molecule has 0 radical (unpaired) electrons. The summed E-state index contributed by atoms with van der Waals surface area (Å²) in [6.45, 7) is -0.636. The Morgan fingerprint density at radius 1 is 1.11 bits per heavy atom. The van der Waals surface area contributed by atoms with E-state index in [0.717, 1.165) is 12.1 Å². The molecule has 2 rings (SSSR count). The molecular weight excluding hydrogens is 368 g/mol. The van der Waals surface area contributed by atoms with E-state index < -0.39 is 29.3 Å². The number of primary amides is 1. The standard InChI is InChI=1S/C18H18N4O6/c19-15-7-6-13(22(26)27)10-14(15)18(25)28-11-17(24)21(9-8-16(20)23)12-4-2-1-3-5-12/h1-7,10H,8-9,11,19H2,(H2,20,23). The maximum Gasteiger partial charge on any atom is 0.341 e. The Kier molecular flexibility index (Phi) is 6.63. The normalized spacial score (nSPS) is 10.1. The molecule has 4 N–H and O–H groups in total. The number of nitrogen functional groups attached to an aromatic ring is 1. The largest absolute Gasteiger partial charge is 0.452 e. The molecule has 0 spiro atoms. The second-order valence-corrected chi connectivity index (χ2v) is 5.70. The molecule has 2 aromatic carbocycles. The van der Waals surface area contributed by atoms with E-state index in [0.29, 0.717) is 5.69 Å². The van der Waals surface area contributed by atoms with Gasteiger partial charge in [0.1, 0.15) is 0 Å². The van der Waals surface area contributed by atoms with Crippen molar-refractivity contribution in [3.8, 4) is 0 Å². The zero-order valence-corrected chi connectivity index (χ0v) is 14.7. The second kappa shape index (κ2) is 9.12. The Bertz CT molecular complexity index is 900. The topological polar surface area (TPSA) is 159 Å². The Hall–Kier alpha value is -3.95. The number of ether oxygens (including phenoxy) is 1. The van der Waals surface area contributed by atoms with Crippen molar-refractivity contribution in [3.63, 3.8) is 0 Å². The lowest BCUT2D eigenvalue weighted by atomic mass is 10.1. The molecule has 10 heteroatoms. The number of nitrogens with zero attached hydrogens (tertiary/aromatic N) is 2. The van der Waals surface area contributed by atoms with Gasteiger partial charge in [-0.15, -0.1) is 0 Å². The number of carbonyl (C=O) groups is 3. The van der Waals surface area contributed by atoms with Crippen molar-refractivity contribution < 1.29 is 24.0 Å². The quantitative estimate of drug-likeness (QED) is 0.299.